The van der Waals surface area contributed by atoms with Crippen LogP contribution in [-0.2, 0) is 6.18 Å². The Labute approximate surface area is 124 Å². The van der Waals surface area contributed by atoms with Crippen LogP contribution < -0.4 is 4.74 Å². The Balaban J connectivity index is 2.66. The molecule has 2 nitrogen and oxygen atoms in total. The molecule has 0 bridgehead atoms. The number of methoxy groups -OCH3 is 1. The summed E-state index contributed by atoms with van der Waals surface area (Å²) in [5.74, 6) is 0.224. The maximum Gasteiger partial charge on any atom is 0.416 e. The number of halogens is 4. The van der Waals surface area contributed by atoms with Crippen molar-refractivity contribution < 1.29 is 22.7 Å². The fourth-order valence-electron chi connectivity index (χ4n) is 1.97. The highest BCUT2D eigenvalue weighted by molar-refractivity contribution is 6.32. The minimum Gasteiger partial charge on any atom is -0.495 e. The summed E-state index contributed by atoms with van der Waals surface area (Å²) in [5.41, 5.74) is 0.0772. The number of benzene rings is 2. The Morgan fingerprint density at radius 2 is 1.90 bits per heavy atom. The van der Waals surface area contributed by atoms with E-state index in [9.17, 15) is 18.0 Å². The fourth-order valence-corrected chi connectivity index (χ4v) is 2.27. The molecule has 2 aromatic carbocycles. The maximum atomic E-state index is 12.8. The Morgan fingerprint density at radius 1 is 1.19 bits per heavy atom. The molecule has 0 radical (unpaired) electrons. The van der Waals surface area contributed by atoms with Gasteiger partial charge in [-0.25, -0.2) is 0 Å². The molecule has 2 aromatic rings. The first kappa shape index (κ1) is 15.4. The Bertz CT molecular complexity index is 681. The molecular weight excluding hydrogens is 305 g/mol. The average molecular weight is 315 g/mol. The second-order valence-corrected chi connectivity index (χ2v) is 4.69. The third-order valence-electron chi connectivity index (χ3n) is 2.91. The third kappa shape index (κ3) is 3.19. The number of carbonyl (C=O) groups is 1. The van der Waals surface area contributed by atoms with Crippen LogP contribution in [0.25, 0.3) is 11.1 Å². The van der Waals surface area contributed by atoms with Crippen LogP contribution in [0.4, 0.5) is 13.2 Å². The van der Waals surface area contributed by atoms with E-state index in [4.69, 9.17) is 16.3 Å². The van der Waals surface area contributed by atoms with Crippen LogP contribution in [0.3, 0.4) is 0 Å². The van der Waals surface area contributed by atoms with Gasteiger partial charge in [0.2, 0.25) is 0 Å². The number of hydrogen-bond acceptors (Lipinski definition) is 2. The molecule has 0 N–H and O–H groups in total. The van der Waals surface area contributed by atoms with Gasteiger partial charge in [0, 0.05) is 11.1 Å². The zero-order valence-corrected chi connectivity index (χ0v) is 11.6. The predicted molar refractivity (Wildman–Crippen MR) is 73.8 cm³/mol. The van der Waals surface area contributed by atoms with Gasteiger partial charge in [-0.05, 0) is 29.8 Å². The summed E-state index contributed by atoms with van der Waals surface area (Å²) in [6.45, 7) is 0. The molecule has 0 spiro atoms. The number of ether oxygens (including phenoxy) is 1. The summed E-state index contributed by atoms with van der Waals surface area (Å²) in [6.07, 6.45) is -3.88. The molecule has 0 atom stereocenters. The first-order chi connectivity index (χ1) is 9.86. The van der Waals surface area contributed by atoms with Crippen molar-refractivity contribution in [2.45, 2.75) is 6.18 Å². The van der Waals surface area contributed by atoms with Crippen molar-refractivity contribution in [3.8, 4) is 16.9 Å². The summed E-state index contributed by atoms with van der Waals surface area (Å²) in [5, 5.41) is 0.162. The van der Waals surface area contributed by atoms with Gasteiger partial charge in [0.15, 0.2) is 0 Å². The molecular formula is C15H10ClF3O2. The van der Waals surface area contributed by atoms with E-state index in [0.717, 1.165) is 12.1 Å². The van der Waals surface area contributed by atoms with Gasteiger partial charge in [0.25, 0.3) is 0 Å². The molecule has 0 unspecified atom stereocenters. The molecule has 0 amide bonds. The third-order valence-corrected chi connectivity index (χ3v) is 3.19. The van der Waals surface area contributed by atoms with Gasteiger partial charge in [-0.1, -0.05) is 23.7 Å². The molecule has 21 heavy (non-hydrogen) atoms. The highest BCUT2D eigenvalue weighted by atomic mass is 35.5. The van der Waals surface area contributed by atoms with Crippen LogP contribution in [0.2, 0.25) is 5.02 Å². The minimum absolute atomic E-state index is 0.162. The van der Waals surface area contributed by atoms with Crippen molar-refractivity contribution in [2.24, 2.45) is 0 Å². The Morgan fingerprint density at radius 3 is 2.48 bits per heavy atom. The molecule has 0 heterocycles. The van der Waals surface area contributed by atoms with Gasteiger partial charge in [-0.3, -0.25) is 4.79 Å². The first-order valence-electron chi connectivity index (χ1n) is 5.87. The summed E-state index contributed by atoms with van der Waals surface area (Å²) in [6, 6.07) is 7.58. The van der Waals surface area contributed by atoms with Crippen molar-refractivity contribution in [2.75, 3.05) is 7.11 Å². The molecule has 0 saturated carbocycles. The second kappa shape index (κ2) is 5.77. The summed E-state index contributed by atoms with van der Waals surface area (Å²) in [4.78, 5) is 10.9. The van der Waals surface area contributed by atoms with E-state index in [0.29, 0.717) is 11.8 Å². The number of aldehydes is 1. The highest BCUT2D eigenvalue weighted by Gasteiger charge is 2.30. The smallest absolute Gasteiger partial charge is 0.416 e. The minimum atomic E-state index is -4.45. The number of alkyl halides is 3. The number of carbonyl (C=O) groups excluding carboxylic acids is 1. The molecule has 0 aliphatic rings. The lowest BCUT2D eigenvalue weighted by Crippen LogP contribution is -2.04. The largest absolute Gasteiger partial charge is 0.495 e. The van der Waals surface area contributed by atoms with Crippen molar-refractivity contribution in [1.82, 2.24) is 0 Å². The fraction of sp³-hybridized carbons (Fsp3) is 0.133. The van der Waals surface area contributed by atoms with Gasteiger partial charge >= 0.3 is 6.18 Å². The molecule has 0 aromatic heterocycles. The predicted octanol–water partition coefficient (Wildman–Crippen LogP) is 4.85. The SMILES string of the molecule is COc1c(Cl)cc(C=O)cc1-c1cccc(C(F)(F)F)c1. The van der Waals surface area contributed by atoms with E-state index >= 15 is 0 Å². The lowest BCUT2D eigenvalue weighted by Gasteiger charge is -2.13. The number of rotatable bonds is 3. The van der Waals surface area contributed by atoms with Crippen LogP contribution in [-0.4, -0.2) is 13.4 Å². The topological polar surface area (TPSA) is 26.3 Å². The molecule has 0 aliphatic heterocycles. The summed E-state index contributed by atoms with van der Waals surface area (Å²) >= 11 is 5.99. The Kier molecular flexibility index (Phi) is 4.23. The lowest BCUT2D eigenvalue weighted by molar-refractivity contribution is -0.137. The second-order valence-electron chi connectivity index (χ2n) is 4.28. The van der Waals surface area contributed by atoms with Crippen molar-refractivity contribution in [1.29, 1.82) is 0 Å². The summed E-state index contributed by atoms with van der Waals surface area (Å²) in [7, 11) is 1.36. The zero-order chi connectivity index (χ0) is 15.6. The average Bonchev–Trinajstić information content (AvgIpc) is 2.45. The van der Waals surface area contributed by atoms with Gasteiger partial charge in [-0.2, -0.15) is 13.2 Å². The van der Waals surface area contributed by atoms with Crippen LogP contribution in [0.1, 0.15) is 15.9 Å². The van der Waals surface area contributed by atoms with E-state index in [2.05, 4.69) is 0 Å². The van der Waals surface area contributed by atoms with Crippen LogP contribution in [0, 0.1) is 0 Å². The number of hydrogen-bond donors (Lipinski definition) is 0. The van der Waals surface area contributed by atoms with Crippen LogP contribution in [0.15, 0.2) is 36.4 Å². The van der Waals surface area contributed by atoms with E-state index in [1.165, 1.54) is 31.4 Å². The molecule has 0 saturated heterocycles. The van der Waals surface area contributed by atoms with E-state index < -0.39 is 11.7 Å². The maximum absolute atomic E-state index is 12.8. The van der Waals surface area contributed by atoms with E-state index in [1.54, 1.807) is 0 Å². The zero-order valence-electron chi connectivity index (χ0n) is 10.9. The standard InChI is InChI=1S/C15H10ClF3O2/c1-21-14-12(5-9(8-20)6-13(14)16)10-3-2-4-11(7-10)15(17,18)19/h2-8H,1H3. The summed E-state index contributed by atoms with van der Waals surface area (Å²) < 4.78 is 43.5. The normalized spacial score (nSPS) is 11.3. The van der Waals surface area contributed by atoms with Crippen molar-refractivity contribution in [3.05, 3.63) is 52.5 Å². The van der Waals surface area contributed by atoms with Crippen LogP contribution in [0.5, 0.6) is 5.75 Å². The highest BCUT2D eigenvalue weighted by Crippen LogP contribution is 2.39. The van der Waals surface area contributed by atoms with Crippen molar-refractivity contribution in [3.63, 3.8) is 0 Å². The lowest BCUT2D eigenvalue weighted by atomic mass is 10.00. The molecule has 110 valence electrons. The first-order valence-corrected chi connectivity index (χ1v) is 6.25. The van der Waals surface area contributed by atoms with Gasteiger partial charge in [0.1, 0.15) is 12.0 Å². The van der Waals surface area contributed by atoms with Crippen molar-refractivity contribution >= 4 is 17.9 Å². The van der Waals surface area contributed by atoms with E-state index in [1.807, 2.05) is 0 Å². The molecule has 0 fully saturated rings. The molecule has 2 rings (SSSR count). The van der Waals surface area contributed by atoms with Gasteiger partial charge < -0.3 is 4.74 Å². The Hall–Kier alpha value is -2.01. The van der Waals surface area contributed by atoms with Crippen LogP contribution >= 0.6 is 11.6 Å². The van der Waals surface area contributed by atoms with E-state index in [-0.39, 0.29) is 21.9 Å². The monoisotopic (exact) mass is 314 g/mol. The molecule has 6 heteroatoms. The molecule has 0 aliphatic carbocycles. The quantitative estimate of drug-likeness (QED) is 0.757. The van der Waals surface area contributed by atoms with Gasteiger partial charge in [-0.15, -0.1) is 0 Å². The van der Waals surface area contributed by atoms with Gasteiger partial charge in [0.05, 0.1) is 17.7 Å².